The number of hydrogen-bond donors (Lipinski definition) is 1. The molecule has 1 atom stereocenters. The van der Waals surface area contributed by atoms with Crippen LogP contribution in [0.1, 0.15) is 34.3 Å². The first-order chi connectivity index (χ1) is 14.4. The van der Waals surface area contributed by atoms with Crippen LogP contribution in [0.4, 0.5) is 5.69 Å². The Kier molecular flexibility index (Phi) is 6.66. The van der Waals surface area contributed by atoms with E-state index < -0.39 is 11.0 Å². The maximum atomic E-state index is 12.9. The molecule has 2 aromatic carbocycles. The summed E-state index contributed by atoms with van der Waals surface area (Å²) in [5.74, 6) is 0.231. The van der Waals surface area contributed by atoms with Gasteiger partial charge in [-0.25, -0.2) is 0 Å². The summed E-state index contributed by atoms with van der Waals surface area (Å²) in [6.07, 6.45) is 1.32. The molecule has 0 bridgehead atoms. The third kappa shape index (κ3) is 4.94. The van der Waals surface area contributed by atoms with E-state index in [9.17, 15) is 19.7 Å². The van der Waals surface area contributed by atoms with Crippen LogP contribution in [-0.2, 0) is 4.79 Å². The van der Waals surface area contributed by atoms with Gasteiger partial charge in [0.1, 0.15) is 18.4 Å². The topological polar surface area (TPSA) is 102 Å². The van der Waals surface area contributed by atoms with Gasteiger partial charge in [0.25, 0.3) is 11.6 Å². The maximum Gasteiger partial charge on any atom is 0.272 e. The summed E-state index contributed by atoms with van der Waals surface area (Å²) >= 11 is 0. The Morgan fingerprint density at radius 2 is 1.93 bits per heavy atom. The van der Waals surface area contributed by atoms with Crippen molar-refractivity contribution >= 4 is 17.5 Å². The average Bonchev–Trinajstić information content (AvgIpc) is 3.21. The van der Waals surface area contributed by atoms with E-state index in [0.717, 1.165) is 17.7 Å². The van der Waals surface area contributed by atoms with Crippen LogP contribution in [-0.4, -0.2) is 47.4 Å². The molecule has 3 rings (SSSR count). The number of aryl methyl sites for hydroxylation is 2. The van der Waals surface area contributed by atoms with Crippen LogP contribution in [0.3, 0.4) is 0 Å². The third-order valence-electron chi connectivity index (χ3n) is 5.15. The molecule has 0 radical (unpaired) electrons. The highest BCUT2D eigenvalue weighted by atomic mass is 16.6. The van der Waals surface area contributed by atoms with Gasteiger partial charge in [0.2, 0.25) is 5.91 Å². The van der Waals surface area contributed by atoms with Gasteiger partial charge in [-0.05, 0) is 51.0 Å². The Balaban J connectivity index is 1.55. The van der Waals surface area contributed by atoms with E-state index in [-0.39, 0.29) is 17.5 Å². The van der Waals surface area contributed by atoms with Crippen LogP contribution < -0.4 is 10.1 Å². The number of nitro groups is 1. The fraction of sp³-hybridized carbons (Fsp3) is 0.364. The lowest BCUT2D eigenvalue weighted by Crippen LogP contribution is -2.46. The third-order valence-corrected chi connectivity index (χ3v) is 5.15. The van der Waals surface area contributed by atoms with Crippen molar-refractivity contribution in [1.82, 2.24) is 10.2 Å². The minimum absolute atomic E-state index is 0.0316. The van der Waals surface area contributed by atoms with Gasteiger partial charge < -0.3 is 15.0 Å². The van der Waals surface area contributed by atoms with Gasteiger partial charge in [0, 0.05) is 23.7 Å². The zero-order chi connectivity index (χ0) is 21.7. The number of amides is 2. The highest BCUT2D eigenvalue weighted by Gasteiger charge is 2.34. The number of nitrogens with zero attached hydrogens (tertiary/aromatic N) is 2. The second-order valence-electron chi connectivity index (χ2n) is 7.37. The van der Waals surface area contributed by atoms with E-state index in [0.29, 0.717) is 37.2 Å². The molecule has 1 aliphatic heterocycles. The first kappa shape index (κ1) is 21.3. The number of nitro benzene ring substituents is 1. The molecule has 0 spiro atoms. The Morgan fingerprint density at radius 1 is 1.20 bits per heavy atom. The molecule has 1 aliphatic rings. The van der Waals surface area contributed by atoms with Crippen LogP contribution in [0.25, 0.3) is 0 Å². The SMILES string of the molecule is Cc1ccc(OCCNC(=O)C2CCCN2C(=O)c2ccc([N+](=O)[O-])c(C)c2)cc1. The van der Waals surface area contributed by atoms with Crippen LogP contribution in [0.2, 0.25) is 0 Å². The molecule has 8 heteroatoms. The van der Waals surface area contributed by atoms with Crippen molar-refractivity contribution in [2.75, 3.05) is 19.7 Å². The molecule has 1 fully saturated rings. The van der Waals surface area contributed by atoms with Crippen LogP contribution in [0.5, 0.6) is 5.75 Å². The maximum absolute atomic E-state index is 12.9. The predicted octanol–water partition coefficient (Wildman–Crippen LogP) is 3.01. The summed E-state index contributed by atoms with van der Waals surface area (Å²) in [5, 5.41) is 13.8. The van der Waals surface area contributed by atoms with Gasteiger partial charge in [0.15, 0.2) is 0 Å². The summed E-state index contributed by atoms with van der Waals surface area (Å²) in [6.45, 7) is 4.74. The van der Waals surface area contributed by atoms with Crippen molar-refractivity contribution in [2.24, 2.45) is 0 Å². The molecule has 1 saturated heterocycles. The summed E-state index contributed by atoms with van der Waals surface area (Å²) in [7, 11) is 0. The van der Waals surface area contributed by atoms with E-state index in [1.165, 1.54) is 23.1 Å². The Bertz CT molecular complexity index is 942. The average molecular weight is 411 g/mol. The monoisotopic (exact) mass is 411 g/mol. The molecule has 0 aromatic heterocycles. The number of nitrogens with one attached hydrogen (secondary N) is 1. The minimum Gasteiger partial charge on any atom is -0.492 e. The molecular weight excluding hydrogens is 386 g/mol. The first-order valence-corrected chi connectivity index (χ1v) is 9.90. The fourth-order valence-electron chi connectivity index (χ4n) is 3.54. The molecule has 2 amide bonds. The molecule has 30 heavy (non-hydrogen) atoms. The van der Waals surface area contributed by atoms with Crippen molar-refractivity contribution in [3.8, 4) is 5.75 Å². The van der Waals surface area contributed by atoms with Crippen LogP contribution >= 0.6 is 0 Å². The highest BCUT2D eigenvalue weighted by molar-refractivity contribution is 5.98. The molecule has 2 aromatic rings. The van der Waals surface area contributed by atoms with E-state index in [4.69, 9.17) is 4.74 Å². The first-order valence-electron chi connectivity index (χ1n) is 9.90. The highest BCUT2D eigenvalue weighted by Crippen LogP contribution is 2.24. The standard InChI is InChI=1S/C22H25N3O5/c1-15-5-8-18(9-6-15)30-13-11-23-21(26)20-4-3-12-24(20)22(27)17-7-10-19(25(28)29)16(2)14-17/h5-10,14,20H,3-4,11-13H2,1-2H3,(H,23,26). The molecule has 0 aliphatic carbocycles. The lowest BCUT2D eigenvalue weighted by Gasteiger charge is -2.24. The Hall–Kier alpha value is -3.42. The van der Waals surface area contributed by atoms with E-state index in [1.807, 2.05) is 31.2 Å². The number of likely N-dealkylation sites (tertiary alicyclic amines) is 1. The molecule has 1 unspecified atom stereocenters. The summed E-state index contributed by atoms with van der Waals surface area (Å²) in [4.78, 5) is 37.5. The van der Waals surface area contributed by atoms with Crippen LogP contribution in [0.15, 0.2) is 42.5 Å². The van der Waals surface area contributed by atoms with Gasteiger partial charge in [-0.2, -0.15) is 0 Å². The van der Waals surface area contributed by atoms with Crippen molar-refractivity contribution in [1.29, 1.82) is 0 Å². The van der Waals surface area contributed by atoms with Crippen molar-refractivity contribution in [2.45, 2.75) is 32.7 Å². The number of benzene rings is 2. The fourth-order valence-corrected chi connectivity index (χ4v) is 3.54. The zero-order valence-electron chi connectivity index (χ0n) is 17.1. The molecule has 0 saturated carbocycles. The lowest BCUT2D eigenvalue weighted by atomic mass is 10.1. The lowest BCUT2D eigenvalue weighted by molar-refractivity contribution is -0.385. The number of hydrogen-bond acceptors (Lipinski definition) is 5. The van der Waals surface area contributed by atoms with Crippen molar-refractivity contribution in [3.63, 3.8) is 0 Å². The number of ether oxygens (including phenoxy) is 1. The zero-order valence-corrected chi connectivity index (χ0v) is 17.1. The molecular formula is C22H25N3O5. The van der Waals surface area contributed by atoms with Gasteiger partial charge in [-0.3, -0.25) is 19.7 Å². The minimum atomic E-state index is -0.549. The molecule has 1 heterocycles. The molecule has 158 valence electrons. The van der Waals surface area contributed by atoms with Crippen molar-refractivity contribution < 1.29 is 19.2 Å². The molecule has 1 N–H and O–H groups in total. The Morgan fingerprint density at radius 3 is 2.60 bits per heavy atom. The number of carbonyl (C=O) groups is 2. The van der Waals surface area contributed by atoms with Gasteiger partial charge in [-0.15, -0.1) is 0 Å². The van der Waals surface area contributed by atoms with Gasteiger partial charge in [-0.1, -0.05) is 17.7 Å². The van der Waals surface area contributed by atoms with E-state index in [2.05, 4.69) is 5.32 Å². The number of rotatable bonds is 7. The van der Waals surface area contributed by atoms with Crippen molar-refractivity contribution in [3.05, 3.63) is 69.3 Å². The van der Waals surface area contributed by atoms with E-state index >= 15 is 0 Å². The van der Waals surface area contributed by atoms with Gasteiger partial charge >= 0.3 is 0 Å². The normalized spacial score (nSPS) is 15.7. The molecule has 8 nitrogen and oxygen atoms in total. The summed E-state index contributed by atoms with van der Waals surface area (Å²) < 4.78 is 5.61. The van der Waals surface area contributed by atoms with Crippen LogP contribution in [0, 0.1) is 24.0 Å². The van der Waals surface area contributed by atoms with Gasteiger partial charge in [0.05, 0.1) is 11.5 Å². The smallest absolute Gasteiger partial charge is 0.272 e. The predicted molar refractivity (Wildman–Crippen MR) is 112 cm³/mol. The second kappa shape index (κ2) is 9.39. The van der Waals surface area contributed by atoms with E-state index in [1.54, 1.807) is 6.92 Å². The Labute approximate surface area is 175 Å². The number of carbonyl (C=O) groups excluding carboxylic acids is 2. The summed E-state index contributed by atoms with van der Waals surface area (Å²) in [6, 6.07) is 11.4. The second-order valence-corrected chi connectivity index (χ2v) is 7.37. The summed E-state index contributed by atoms with van der Waals surface area (Å²) in [5.41, 5.74) is 1.88. The quantitative estimate of drug-likeness (QED) is 0.429. The largest absolute Gasteiger partial charge is 0.492 e.